The van der Waals surface area contributed by atoms with Gasteiger partial charge in [-0.1, -0.05) is 0 Å². The number of hydrogen-bond acceptors (Lipinski definition) is 3. The highest BCUT2D eigenvalue weighted by Crippen LogP contribution is 1.93. The Morgan fingerprint density at radius 2 is 2.30 bits per heavy atom. The summed E-state index contributed by atoms with van der Waals surface area (Å²) in [6, 6.07) is 1.92. The third kappa shape index (κ3) is 2.11. The van der Waals surface area contributed by atoms with Gasteiger partial charge in [-0.2, -0.15) is 0 Å². The van der Waals surface area contributed by atoms with E-state index < -0.39 is 0 Å². The first-order chi connectivity index (χ1) is 4.79. The second-order valence-corrected chi connectivity index (χ2v) is 2.44. The van der Waals surface area contributed by atoms with E-state index in [0.29, 0.717) is 0 Å². The van der Waals surface area contributed by atoms with Crippen LogP contribution in [-0.2, 0) is 6.54 Å². The summed E-state index contributed by atoms with van der Waals surface area (Å²) in [6.07, 6.45) is 3.32. The van der Waals surface area contributed by atoms with Crippen LogP contribution in [0.25, 0.3) is 0 Å². The van der Waals surface area contributed by atoms with Crippen molar-refractivity contribution in [2.45, 2.75) is 6.54 Å². The van der Waals surface area contributed by atoms with Gasteiger partial charge >= 0.3 is 0 Å². The van der Waals surface area contributed by atoms with Crippen molar-refractivity contribution >= 4 is 0 Å². The number of aromatic nitrogens is 2. The zero-order chi connectivity index (χ0) is 7.40. The quantitative estimate of drug-likeness (QED) is 0.595. The molecule has 3 heteroatoms. The van der Waals surface area contributed by atoms with E-state index in [1.54, 1.807) is 12.5 Å². The highest BCUT2D eigenvalue weighted by atomic mass is 15.1. The second kappa shape index (κ2) is 3.27. The molecule has 0 aromatic carbocycles. The molecule has 1 aromatic heterocycles. The minimum absolute atomic E-state index is 0.878. The Morgan fingerprint density at radius 1 is 1.50 bits per heavy atom. The molecule has 1 aromatic rings. The molecule has 0 aliphatic rings. The molecule has 1 heterocycles. The topological polar surface area (TPSA) is 29.0 Å². The summed E-state index contributed by atoms with van der Waals surface area (Å²) in [4.78, 5) is 9.96. The van der Waals surface area contributed by atoms with Crippen molar-refractivity contribution in [3.05, 3.63) is 24.3 Å². The third-order valence-corrected chi connectivity index (χ3v) is 1.12. The lowest BCUT2D eigenvalue weighted by Gasteiger charge is -2.06. The van der Waals surface area contributed by atoms with Gasteiger partial charge in [-0.05, 0) is 20.2 Å². The molecular formula is C7H11N3. The molecule has 0 unspecified atom stereocenters. The molecule has 0 atom stereocenters. The van der Waals surface area contributed by atoms with E-state index in [-0.39, 0.29) is 0 Å². The van der Waals surface area contributed by atoms with E-state index in [2.05, 4.69) is 14.9 Å². The van der Waals surface area contributed by atoms with Crippen LogP contribution in [0.5, 0.6) is 0 Å². The molecule has 3 nitrogen and oxygen atoms in total. The van der Waals surface area contributed by atoms with Crippen molar-refractivity contribution < 1.29 is 0 Å². The number of nitrogens with zero attached hydrogens (tertiary/aromatic N) is 3. The van der Waals surface area contributed by atoms with Crippen molar-refractivity contribution in [1.82, 2.24) is 14.9 Å². The van der Waals surface area contributed by atoms with Gasteiger partial charge < -0.3 is 4.90 Å². The first-order valence-corrected chi connectivity index (χ1v) is 3.18. The molecule has 0 bridgehead atoms. The summed E-state index contributed by atoms with van der Waals surface area (Å²) in [5, 5.41) is 0. The van der Waals surface area contributed by atoms with Crippen molar-refractivity contribution in [1.29, 1.82) is 0 Å². The van der Waals surface area contributed by atoms with Crippen LogP contribution in [0, 0.1) is 0 Å². The molecule has 0 amide bonds. The Morgan fingerprint density at radius 3 is 2.80 bits per heavy atom. The molecule has 10 heavy (non-hydrogen) atoms. The zero-order valence-corrected chi connectivity index (χ0v) is 6.28. The van der Waals surface area contributed by atoms with E-state index in [4.69, 9.17) is 0 Å². The van der Waals surface area contributed by atoms with Gasteiger partial charge in [0.15, 0.2) is 0 Å². The molecule has 0 radical (unpaired) electrons. The van der Waals surface area contributed by atoms with Crippen LogP contribution in [0.15, 0.2) is 18.6 Å². The zero-order valence-electron chi connectivity index (χ0n) is 6.28. The van der Waals surface area contributed by atoms with Gasteiger partial charge in [-0.3, -0.25) is 0 Å². The Hall–Kier alpha value is -0.960. The summed E-state index contributed by atoms with van der Waals surface area (Å²) < 4.78 is 0. The second-order valence-electron chi connectivity index (χ2n) is 2.44. The molecule has 54 valence electrons. The van der Waals surface area contributed by atoms with Crippen LogP contribution in [0.4, 0.5) is 0 Å². The van der Waals surface area contributed by atoms with Gasteiger partial charge in [-0.25, -0.2) is 9.97 Å². The highest BCUT2D eigenvalue weighted by molar-refractivity contribution is 4.96. The van der Waals surface area contributed by atoms with Crippen LogP contribution in [-0.4, -0.2) is 29.0 Å². The highest BCUT2D eigenvalue weighted by Gasteiger charge is 1.92. The van der Waals surface area contributed by atoms with Crippen molar-refractivity contribution in [2.24, 2.45) is 0 Å². The maximum absolute atomic E-state index is 4.07. The molecule has 0 saturated carbocycles. The van der Waals surface area contributed by atoms with Crippen LogP contribution >= 0.6 is 0 Å². The summed E-state index contributed by atoms with van der Waals surface area (Å²) in [5.74, 6) is 0. The van der Waals surface area contributed by atoms with Gasteiger partial charge in [-0.15, -0.1) is 0 Å². The fourth-order valence-corrected chi connectivity index (χ4v) is 0.736. The first kappa shape index (κ1) is 7.15. The first-order valence-electron chi connectivity index (χ1n) is 3.18. The van der Waals surface area contributed by atoms with Crippen molar-refractivity contribution in [3.8, 4) is 0 Å². The minimum atomic E-state index is 0.878. The SMILES string of the molecule is CN(C)Cc1ccncn1. The van der Waals surface area contributed by atoms with E-state index in [1.807, 2.05) is 20.2 Å². The average molecular weight is 137 g/mol. The largest absolute Gasteiger partial charge is 0.304 e. The molecule has 0 spiro atoms. The lowest BCUT2D eigenvalue weighted by molar-refractivity contribution is 0.396. The maximum Gasteiger partial charge on any atom is 0.115 e. The molecule has 0 saturated heterocycles. The van der Waals surface area contributed by atoms with Gasteiger partial charge in [0.05, 0.1) is 5.69 Å². The summed E-state index contributed by atoms with van der Waals surface area (Å²) >= 11 is 0. The molecule has 0 aliphatic carbocycles. The minimum Gasteiger partial charge on any atom is -0.304 e. The van der Waals surface area contributed by atoms with Gasteiger partial charge in [0, 0.05) is 12.7 Å². The average Bonchev–Trinajstić information content (AvgIpc) is 1.88. The Bertz CT molecular complexity index is 183. The summed E-state index contributed by atoms with van der Waals surface area (Å²) in [6.45, 7) is 0.878. The lowest BCUT2D eigenvalue weighted by atomic mass is 10.4. The lowest BCUT2D eigenvalue weighted by Crippen LogP contribution is -2.11. The smallest absolute Gasteiger partial charge is 0.115 e. The maximum atomic E-state index is 4.07. The molecule has 0 fully saturated rings. The van der Waals surface area contributed by atoms with Crippen LogP contribution in [0.3, 0.4) is 0 Å². The predicted octanol–water partition coefficient (Wildman–Crippen LogP) is 0.538. The van der Waals surface area contributed by atoms with Gasteiger partial charge in [0.1, 0.15) is 6.33 Å². The van der Waals surface area contributed by atoms with Crippen LogP contribution in [0.1, 0.15) is 5.69 Å². The standard InChI is InChI=1S/C7H11N3/c1-10(2)5-7-3-4-8-6-9-7/h3-4,6H,5H2,1-2H3. The summed E-state index contributed by atoms with van der Waals surface area (Å²) in [7, 11) is 4.03. The predicted molar refractivity (Wildman–Crippen MR) is 39.4 cm³/mol. The van der Waals surface area contributed by atoms with Crippen LogP contribution in [0.2, 0.25) is 0 Å². The van der Waals surface area contributed by atoms with E-state index in [9.17, 15) is 0 Å². The molecule has 0 N–H and O–H groups in total. The Balaban J connectivity index is 2.59. The van der Waals surface area contributed by atoms with Crippen molar-refractivity contribution in [2.75, 3.05) is 14.1 Å². The third-order valence-electron chi connectivity index (χ3n) is 1.12. The van der Waals surface area contributed by atoms with E-state index in [0.717, 1.165) is 12.2 Å². The van der Waals surface area contributed by atoms with Gasteiger partial charge in [0.2, 0.25) is 0 Å². The Labute approximate surface area is 60.7 Å². The Kier molecular flexibility index (Phi) is 2.34. The van der Waals surface area contributed by atoms with E-state index >= 15 is 0 Å². The molecule has 0 aliphatic heterocycles. The van der Waals surface area contributed by atoms with Crippen LogP contribution < -0.4 is 0 Å². The number of hydrogen-bond donors (Lipinski definition) is 0. The molecule has 1 rings (SSSR count). The fourth-order valence-electron chi connectivity index (χ4n) is 0.736. The van der Waals surface area contributed by atoms with E-state index in [1.165, 1.54) is 0 Å². The number of rotatable bonds is 2. The summed E-state index contributed by atoms with van der Waals surface area (Å²) in [5.41, 5.74) is 1.06. The molecular weight excluding hydrogens is 126 g/mol. The van der Waals surface area contributed by atoms with Crippen molar-refractivity contribution in [3.63, 3.8) is 0 Å². The fraction of sp³-hybridized carbons (Fsp3) is 0.429. The van der Waals surface area contributed by atoms with Gasteiger partial charge in [0.25, 0.3) is 0 Å². The normalized spacial score (nSPS) is 10.3. The monoisotopic (exact) mass is 137 g/mol.